The first-order valence-electron chi connectivity index (χ1n) is 4.86. The molecule has 0 spiro atoms. The molecule has 0 saturated heterocycles. The average molecular weight is 182 g/mol. The number of allylic oxidation sites excluding steroid dienone is 2. The zero-order chi connectivity index (χ0) is 10.8. The molecule has 0 N–H and O–H groups in total. The summed E-state index contributed by atoms with van der Waals surface area (Å²) in [7, 11) is 0. The molecule has 0 rings (SSSR count). The molecule has 0 heterocycles. The predicted octanol–water partition coefficient (Wildman–Crippen LogP) is 3.59. The van der Waals surface area contributed by atoms with Crippen LogP contribution in [0.25, 0.3) is 0 Å². The van der Waals surface area contributed by atoms with Gasteiger partial charge in [-0.15, -0.1) is 0 Å². The number of hydrogen-bond acceptors (Lipinski definition) is 1. The van der Waals surface area contributed by atoms with E-state index in [0.717, 1.165) is 5.57 Å². The van der Waals surface area contributed by atoms with Gasteiger partial charge in [-0.05, 0) is 37.7 Å². The molecular weight excluding hydrogens is 160 g/mol. The molecule has 1 heteroatoms. The lowest BCUT2D eigenvalue weighted by molar-refractivity contribution is -0.113. The molecule has 0 bridgehead atoms. The fraction of sp³-hybridized carbons (Fsp3) is 0.750. The Labute approximate surface area is 82.2 Å². The van der Waals surface area contributed by atoms with Crippen LogP contribution in [0.3, 0.4) is 0 Å². The van der Waals surface area contributed by atoms with Crippen molar-refractivity contribution >= 4 is 5.78 Å². The Balaban J connectivity index is 4.89. The zero-order valence-electron chi connectivity index (χ0n) is 9.99. The van der Waals surface area contributed by atoms with E-state index in [1.165, 1.54) is 5.57 Å². The number of ketones is 1. The van der Waals surface area contributed by atoms with Crippen molar-refractivity contribution in [3.8, 4) is 0 Å². The number of carbonyl (C=O) groups excluding carboxylic acids is 1. The minimum absolute atomic E-state index is 0.189. The van der Waals surface area contributed by atoms with Gasteiger partial charge in [0.05, 0.1) is 0 Å². The van der Waals surface area contributed by atoms with Crippen molar-refractivity contribution in [3.63, 3.8) is 0 Å². The topological polar surface area (TPSA) is 17.1 Å². The van der Waals surface area contributed by atoms with Crippen LogP contribution in [0.15, 0.2) is 11.1 Å². The molecule has 0 aromatic rings. The SMILES string of the molecule is CC(=O)/C(C)=C(/C)[C@@H](C)C(C)(C)C. The van der Waals surface area contributed by atoms with Crippen LogP contribution >= 0.6 is 0 Å². The molecule has 0 radical (unpaired) electrons. The maximum atomic E-state index is 11.2. The van der Waals surface area contributed by atoms with Gasteiger partial charge in [0, 0.05) is 0 Å². The predicted molar refractivity (Wildman–Crippen MR) is 57.7 cm³/mol. The summed E-state index contributed by atoms with van der Waals surface area (Å²) in [6.45, 7) is 14.4. The fourth-order valence-electron chi connectivity index (χ4n) is 1.25. The summed E-state index contributed by atoms with van der Waals surface area (Å²) in [6, 6.07) is 0. The van der Waals surface area contributed by atoms with Crippen LogP contribution in [0.2, 0.25) is 0 Å². The van der Waals surface area contributed by atoms with Crippen molar-refractivity contribution in [2.24, 2.45) is 11.3 Å². The van der Waals surface area contributed by atoms with Crippen LogP contribution in [0.5, 0.6) is 0 Å². The highest BCUT2D eigenvalue weighted by Gasteiger charge is 2.23. The minimum atomic E-state index is 0.189. The molecule has 0 fully saturated rings. The highest BCUT2D eigenvalue weighted by atomic mass is 16.1. The van der Waals surface area contributed by atoms with E-state index in [-0.39, 0.29) is 11.2 Å². The average Bonchev–Trinajstić information content (AvgIpc) is 1.98. The maximum absolute atomic E-state index is 11.2. The lowest BCUT2D eigenvalue weighted by Gasteiger charge is -2.29. The van der Waals surface area contributed by atoms with E-state index in [0.29, 0.717) is 5.92 Å². The Morgan fingerprint density at radius 1 is 1.08 bits per heavy atom. The van der Waals surface area contributed by atoms with Crippen LogP contribution in [0, 0.1) is 11.3 Å². The Bertz CT molecular complexity index is 228. The molecule has 0 unspecified atom stereocenters. The van der Waals surface area contributed by atoms with Crippen molar-refractivity contribution in [1.82, 2.24) is 0 Å². The molecule has 1 nitrogen and oxygen atoms in total. The second kappa shape index (κ2) is 4.08. The first-order valence-corrected chi connectivity index (χ1v) is 4.86. The summed E-state index contributed by atoms with van der Waals surface area (Å²) in [6.07, 6.45) is 0. The molecule has 0 aliphatic carbocycles. The van der Waals surface area contributed by atoms with E-state index in [1.54, 1.807) is 6.92 Å². The van der Waals surface area contributed by atoms with Gasteiger partial charge in [0.1, 0.15) is 0 Å². The van der Waals surface area contributed by atoms with Gasteiger partial charge in [-0.25, -0.2) is 0 Å². The molecule has 0 aliphatic rings. The third-order valence-electron chi connectivity index (χ3n) is 3.07. The van der Waals surface area contributed by atoms with Crippen molar-refractivity contribution in [2.75, 3.05) is 0 Å². The summed E-state index contributed by atoms with van der Waals surface area (Å²) >= 11 is 0. The van der Waals surface area contributed by atoms with Gasteiger partial charge < -0.3 is 0 Å². The third kappa shape index (κ3) is 3.33. The largest absolute Gasteiger partial charge is 0.295 e. The van der Waals surface area contributed by atoms with E-state index in [1.807, 2.05) is 6.92 Å². The summed E-state index contributed by atoms with van der Waals surface area (Å²) in [5.74, 6) is 0.644. The van der Waals surface area contributed by atoms with Gasteiger partial charge >= 0.3 is 0 Å². The van der Waals surface area contributed by atoms with Gasteiger partial charge in [0.2, 0.25) is 0 Å². The van der Waals surface area contributed by atoms with E-state index >= 15 is 0 Å². The second-order valence-corrected chi connectivity index (χ2v) is 4.95. The van der Waals surface area contributed by atoms with Crippen molar-refractivity contribution in [3.05, 3.63) is 11.1 Å². The molecular formula is C12H22O. The Hall–Kier alpha value is -0.590. The first kappa shape index (κ1) is 12.4. The van der Waals surface area contributed by atoms with Gasteiger partial charge in [0.15, 0.2) is 5.78 Å². The molecule has 0 aliphatic heterocycles. The third-order valence-corrected chi connectivity index (χ3v) is 3.07. The highest BCUT2D eigenvalue weighted by molar-refractivity contribution is 5.93. The van der Waals surface area contributed by atoms with Crippen molar-refractivity contribution in [2.45, 2.75) is 48.5 Å². The monoisotopic (exact) mass is 182 g/mol. The van der Waals surface area contributed by atoms with Crippen molar-refractivity contribution < 1.29 is 4.79 Å². The van der Waals surface area contributed by atoms with Crippen LogP contribution in [-0.2, 0) is 4.79 Å². The molecule has 0 aromatic heterocycles. The standard InChI is InChI=1S/C12H22O/c1-8(9(2)11(4)13)10(3)12(5,6)7/h10H,1-7H3/b9-8-/t10-/m1/s1. The van der Waals surface area contributed by atoms with E-state index in [9.17, 15) is 4.79 Å². The fourth-order valence-corrected chi connectivity index (χ4v) is 1.25. The second-order valence-electron chi connectivity index (χ2n) is 4.95. The number of carbonyl (C=O) groups is 1. The summed E-state index contributed by atoms with van der Waals surface area (Å²) in [5.41, 5.74) is 2.38. The van der Waals surface area contributed by atoms with Crippen LogP contribution in [-0.4, -0.2) is 5.78 Å². The molecule has 76 valence electrons. The van der Waals surface area contributed by atoms with Gasteiger partial charge in [-0.2, -0.15) is 0 Å². The number of rotatable bonds is 2. The first-order chi connectivity index (χ1) is 5.68. The van der Waals surface area contributed by atoms with Gasteiger partial charge in [0.25, 0.3) is 0 Å². The van der Waals surface area contributed by atoms with Crippen LogP contribution < -0.4 is 0 Å². The van der Waals surface area contributed by atoms with Gasteiger partial charge in [-0.1, -0.05) is 33.3 Å². The van der Waals surface area contributed by atoms with Crippen LogP contribution in [0.1, 0.15) is 48.5 Å². The molecule has 0 saturated carbocycles. The quantitative estimate of drug-likeness (QED) is 0.596. The van der Waals surface area contributed by atoms with E-state index in [4.69, 9.17) is 0 Å². The minimum Gasteiger partial charge on any atom is -0.295 e. The van der Waals surface area contributed by atoms with E-state index < -0.39 is 0 Å². The summed E-state index contributed by atoms with van der Waals surface area (Å²) < 4.78 is 0. The van der Waals surface area contributed by atoms with Gasteiger partial charge in [-0.3, -0.25) is 4.79 Å². The Kier molecular flexibility index (Phi) is 3.89. The highest BCUT2D eigenvalue weighted by Crippen LogP contribution is 2.32. The zero-order valence-corrected chi connectivity index (χ0v) is 9.99. The normalized spacial score (nSPS) is 16.5. The van der Waals surface area contributed by atoms with Crippen LogP contribution in [0.4, 0.5) is 0 Å². The Morgan fingerprint density at radius 3 is 1.69 bits per heavy atom. The smallest absolute Gasteiger partial charge is 0.155 e. The molecule has 0 amide bonds. The summed E-state index contributed by atoms with van der Waals surface area (Å²) in [4.78, 5) is 11.2. The summed E-state index contributed by atoms with van der Waals surface area (Å²) in [5, 5.41) is 0. The molecule has 0 aromatic carbocycles. The lowest BCUT2D eigenvalue weighted by atomic mass is 9.76. The lowest BCUT2D eigenvalue weighted by Crippen LogP contribution is -2.20. The number of Topliss-reactive ketones (excluding diaryl/α,β-unsaturated/α-hetero) is 1. The van der Waals surface area contributed by atoms with Crippen molar-refractivity contribution in [1.29, 1.82) is 0 Å². The van der Waals surface area contributed by atoms with E-state index in [2.05, 4.69) is 34.6 Å². The maximum Gasteiger partial charge on any atom is 0.155 e. The number of hydrogen-bond donors (Lipinski definition) is 0. The molecule has 13 heavy (non-hydrogen) atoms. The molecule has 1 atom stereocenters. The Morgan fingerprint density at radius 2 is 1.46 bits per heavy atom.